The molecule has 20 heavy (non-hydrogen) atoms. The van der Waals surface area contributed by atoms with Gasteiger partial charge in [-0.2, -0.15) is 0 Å². The Morgan fingerprint density at radius 1 is 1.35 bits per heavy atom. The third-order valence-electron chi connectivity index (χ3n) is 3.42. The molecule has 1 aliphatic heterocycles. The van der Waals surface area contributed by atoms with E-state index in [0.717, 1.165) is 17.0 Å². The summed E-state index contributed by atoms with van der Waals surface area (Å²) in [7, 11) is 0. The zero-order valence-electron chi connectivity index (χ0n) is 11.3. The van der Waals surface area contributed by atoms with Crippen LogP contribution in [0.1, 0.15) is 20.3 Å². The van der Waals surface area contributed by atoms with Crippen molar-refractivity contribution in [3.8, 4) is 0 Å². The second-order valence-electron chi connectivity index (χ2n) is 4.92. The summed E-state index contributed by atoms with van der Waals surface area (Å²) in [6.07, 6.45) is -0.0130. The molecule has 0 aromatic heterocycles. The molecule has 3 nitrogen and oxygen atoms in total. The molecule has 0 spiro atoms. The highest BCUT2D eigenvalue weighted by Crippen LogP contribution is 2.34. The fourth-order valence-corrected chi connectivity index (χ4v) is 3.35. The highest BCUT2D eigenvalue weighted by molar-refractivity contribution is 8.01. The zero-order chi connectivity index (χ0) is 14.9. The normalized spacial score (nSPS) is 22.1. The Morgan fingerprint density at radius 3 is 2.50 bits per heavy atom. The van der Waals surface area contributed by atoms with Crippen molar-refractivity contribution >= 4 is 23.4 Å². The van der Waals surface area contributed by atoms with Crippen molar-refractivity contribution in [1.29, 1.82) is 0 Å². The van der Waals surface area contributed by atoms with E-state index in [1.807, 2.05) is 6.92 Å². The first-order chi connectivity index (χ1) is 9.41. The molecule has 1 aliphatic rings. The topological polar surface area (TPSA) is 40.5 Å². The molecule has 1 saturated heterocycles. The molecule has 110 valence electrons. The van der Waals surface area contributed by atoms with Crippen molar-refractivity contribution in [2.45, 2.75) is 36.9 Å². The summed E-state index contributed by atoms with van der Waals surface area (Å²) in [5, 5.41) is 9.01. The van der Waals surface area contributed by atoms with Gasteiger partial charge in [-0.3, -0.25) is 4.79 Å². The Bertz CT molecular complexity index is 490. The van der Waals surface area contributed by atoms with Gasteiger partial charge in [-0.1, -0.05) is 13.0 Å². The van der Waals surface area contributed by atoms with Gasteiger partial charge in [0.1, 0.15) is 17.3 Å². The minimum absolute atomic E-state index is 0.102. The predicted octanol–water partition coefficient (Wildman–Crippen LogP) is 2.57. The lowest BCUT2D eigenvalue weighted by molar-refractivity contribution is -0.116. The highest BCUT2D eigenvalue weighted by atomic mass is 32.2. The number of thioether (sulfide) groups is 1. The van der Waals surface area contributed by atoms with Crippen molar-refractivity contribution < 1.29 is 18.7 Å². The van der Waals surface area contributed by atoms with E-state index in [2.05, 4.69) is 0 Å². The fourth-order valence-electron chi connectivity index (χ4n) is 2.12. The number of amides is 1. The molecule has 0 bridgehead atoms. The van der Waals surface area contributed by atoms with Crippen molar-refractivity contribution in [1.82, 2.24) is 0 Å². The third kappa shape index (κ3) is 2.96. The van der Waals surface area contributed by atoms with Gasteiger partial charge < -0.3 is 10.0 Å². The Morgan fingerprint density at radius 2 is 1.95 bits per heavy atom. The van der Waals surface area contributed by atoms with Gasteiger partial charge in [-0.05, 0) is 25.5 Å². The summed E-state index contributed by atoms with van der Waals surface area (Å²) in [6, 6.07) is 3.56. The maximum absolute atomic E-state index is 13.7. The molecule has 1 aromatic carbocycles. The molecule has 1 N–H and O–H groups in total. The van der Waals surface area contributed by atoms with Crippen LogP contribution in [0.5, 0.6) is 0 Å². The van der Waals surface area contributed by atoms with E-state index in [1.54, 1.807) is 6.92 Å². The second kappa shape index (κ2) is 6.10. The number of rotatable bonds is 4. The van der Waals surface area contributed by atoms with Crippen LogP contribution in [0.25, 0.3) is 0 Å². The highest BCUT2D eigenvalue weighted by Gasteiger charge is 2.36. The smallest absolute Gasteiger partial charge is 0.240 e. The van der Waals surface area contributed by atoms with Crippen LogP contribution in [0, 0.1) is 11.6 Å². The number of hydrogen-bond donors (Lipinski definition) is 1. The second-order valence-corrected chi connectivity index (χ2v) is 6.50. The van der Waals surface area contributed by atoms with E-state index in [4.69, 9.17) is 0 Å². The van der Waals surface area contributed by atoms with E-state index >= 15 is 0 Å². The van der Waals surface area contributed by atoms with Gasteiger partial charge in [0.25, 0.3) is 0 Å². The van der Waals surface area contributed by atoms with Crippen LogP contribution in [-0.2, 0) is 4.79 Å². The van der Waals surface area contributed by atoms with Gasteiger partial charge >= 0.3 is 0 Å². The lowest BCUT2D eigenvalue weighted by atomic mass is 10.2. The number of hydrogen-bond acceptors (Lipinski definition) is 3. The van der Waals surface area contributed by atoms with Crippen LogP contribution in [0.2, 0.25) is 0 Å². The van der Waals surface area contributed by atoms with Crippen LogP contribution >= 0.6 is 11.8 Å². The summed E-state index contributed by atoms with van der Waals surface area (Å²) < 4.78 is 27.4. The molecule has 1 fully saturated rings. The van der Waals surface area contributed by atoms with E-state index in [1.165, 1.54) is 17.8 Å². The maximum Gasteiger partial charge on any atom is 0.240 e. The summed E-state index contributed by atoms with van der Waals surface area (Å²) in [4.78, 5) is 13.4. The predicted molar refractivity (Wildman–Crippen MR) is 75.8 cm³/mol. The Balaban J connectivity index is 2.16. The largest absolute Gasteiger partial charge is 0.392 e. The first-order valence-corrected chi connectivity index (χ1v) is 7.45. The monoisotopic (exact) mass is 301 g/mol. The van der Waals surface area contributed by atoms with Crippen molar-refractivity contribution in [3.05, 3.63) is 29.8 Å². The molecule has 3 atom stereocenters. The number of benzene rings is 1. The first kappa shape index (κ1) is 15.3. The first-order valence-electron chi connectivity index (χ1n) is 6.50. The number of aliphatic hydroxyl groups is 1. The quantitative estimate of drug-likeness (QED) is 0.929. The number of para-hydroxylation sites is 1. The molecule has 1 heterocycles. The summed E-state index contributed by atoms with van der Waals surface area (Å²) >= 11 is 1.35. The lowest BCUT2D eigenvalue weighted by Crippen LogP contribution is -2.31. The zero-order valence-corrected chi connectivity index (χ0v) is 12.2. The van der Waals surface area contributed by atoms with E-state index < -0.39 is 17.7 Å². The van der Waals surface area contributed by atoms with Crippen LogP contribution in [-0.4, -0.2) is 34.2 Å². The number of carbonyl (C=O) groups excluding carboxylic acids is 1. The van der Waals surface area contributed by atoms with Gasteiger partial charge in [0.15, 0.2) is 0 Å². The molecule has 0 radical (unpaired) electrons. The average molecular weight is 301 g/mol. The van der Waals surface area contributed by atoms with Crippen molar-refractivity contribution in [2.24, 2.45) is 0 Å². The summed E-state index contributed by atoms with van der Waals surface area (Å²) in [6.45, 7) is 3.78. The summed E-state index contributed by atoms with van der Waals surface area (Å²) in [5.74, 6) is -1.76. The van der Waals surface area contributed by atoms with Gasteiger partial charge in [0, 0.05) is 11.8 Å². The standard InChI is InChI=1S/C14H17F2NO2S/c1-8(18)9(2)20-12-6-7-17(14(12)19)13-10(15)4-3-5-11(13)16/h3-5,8-9,12,18H,6-7H2,1-2H3/t8-,9-,12-/m0/s1. The number of nitrogens with zero attached hydrogens (tertiary/aromatic N) is 1. The van der Waals surface area contributed by atoms with Gasteiger partial charge in [0.2, 0.25) is 5.91 Å². The van der Waals surface area contributed by atoms with Crippen LogP contribution in [0.3, 0.4) is 0 Å². The van der Waals surface area contributed by atoms with Crippen molar-refractivity contribution in [3.63, 3.8) is 0 Å². The SMILES string of the molecule is C[C@H](O)[C@H](C)S[C@H]1CCN(c2c(F)cccc2F)C1=O. The molecule has 0 aliphatic carbocycles. The van der Waals surface area contributed by atoms with Gasteiger partial charge in [-0.15, -0.1) is 11.8 Å². The number of carbonyl (C=O) groups is 1. The van der Waals surface area contributed by atoms with E-state index in [9.17, 15) is 18.7 Å². The maximum atomic E-state index is 13.7. The molecule has 6 heteroatoms. The molecule has 0 saturated carbocycles. The minimum Gasteiger partial charge on any atom is -0.392 e. The van der Waals surface area contributed by atoms with Crippen LogP contribution in [0.4, 0.5) is 14.5 Å². The summed E-state index contributed by atoms with van der Waals surface area (Å²) in [5.41, 5.74) is -0.273. The van der Waals surface area contributed by atoms with E-state index in [0.29, 0.717) is 13.0 Å². The molecular weight excluding hydrogens is 284 g/mol. The molecular formula is C14H17F2NO2S. The Kier molecular flexibility index (Phi) is 4.65. The molecule has 0 unspecified atom stereocenters. The Hall–Kier alpha value is -1.14. The van der Waals surface area contributed by atoms with E-state index in [-0.39, 0.29) is 22.1 Å². The Labute approximate surface area is 121 Å². The lowest BCUT2D eigenvalue weighted by Gasteiger charge is -2.20. The molecule has 1 aromatic rings. The average Bonchev–Trinajstić information content (AvgIpc) is 2.71. The van der Waals surface area contributed by atoms with Gasteiger partial charge in [-0.25, -0.2) is 8.78 Å². The van der Waals surface area contributed by atoms with Crippen molar-refractivity contribution in [2.75, 3.05) is 11.4 Å². The fraction of sp³-hybridized carbons (Fsp3) is 0.500. The molecule has 2 rings (SSSR count). The third-order valence-corrected chi connectivity index (χ3v) is 5.01. The number of anilines is 1. The van der Waals surface area contributed by atoms with Crippen LogP contribution < -0.4 is 4.90 Å². The van der Waals surface area contributed by atoms with Gasteiger partial charge in [0.05, 0.1) is 11.4 Å². The minimum atomic E-state index is -0.729. The number of halogens is 2. The molecule has 1 amide bonds. The van der Waals surface area contributed by atoms with Crippen LogP contribution in [0.15, 0.2) is 18.2 Å². The number of aliphatic hydroxyl groups excluding tert-OH is 1.